The molecule has 0 saturated carbocycles. The SMILES string of the molecule is CC(C)(O)C1N=C(c2ccccc2C(F)(F)F)N(c2ccc(-c3cccc(S(C)(=O)=O)c3)cc2)C1=S. The standard InChI is InChI=1S/C26H23F3N2O3S2/c1-25(2,32)22-24(35)31(23(30-22)20-9-4-5-10-21(20)26(27,28)29)18-13-11-16(12-14-18)17-7-6-8-19(15-17)36(3,33)34/h4-15,22,32H,1-3H3. The summed E-state index contributed by atoms with van der Waals surface area (Å²) in [6.07, 6.45) is -3.49. The largest absolute Gasteiger partial charge is 0.417 e. The van der Waals surface area contributed by atoms with E-state index >= 15 is 0 Å². The third kappa shape index (κ3) is 5.07. The first-order valence-electron chi connectivity index (χ1n) is 10.9. The van der Waals surface area contributed by atoms with Crippen molar-refractivity contribution in [2.45, 2.75) is 36.6 Å². The second-order valence-electron chi connectivity index (χ2n) is 9.07. The Bertz CT molecular complexity index is 1460. The molecule has 0 saturated heterocycles. The molecule has 10 heteroatoms. The number of hydrogen-bond donors (Lipinski definition) is 1. The molecular weight excluding hydrogens is 509 g/mol. The molecule has 1 unspecified atom stereocenters. The van der Waals surface area contributed by atoms with Crippen molar-refractivity contribution >= 4 is 38.6 Å². The van der Waals surface area contributed by atoms with Gasteiger partial charge in [0.15, 0.2) is 9.84 Å². The van der Waals surface area contributed by atoms with Gasteiger partial charge in [-0.3, -0.25) is 9.89 Å². The van der Waals surface area contributed by atoms with Crippen molar-refractivity contribution in [3.8, 4) is 11.1 Å². The van der Waals surface area contributed by atoms with E-state index in [4.69, 9.17) is 12.2 Å². The monoisotopic (exact) mass is 532 g/mol. The van der Waals surface area contributed by atoms with Crippen LogP contribution in [0.15, 0.2) is 82.7 Å². The lowest BCUT2D eigenvalue weighted by molar-refractivity contribution is -0.137. The number of aliphatic hydroxyl groups is 1. The molecule has 36 heavy (non-hydrogen) atoms. The first-order valence-corrected chi connectivity index (χ1v) is 13.2. The number of aliphatic imine (C=N–C) groups is 1. The normalized spacial score (nSPS) is 16.9. The Hall–Kier alpha value is -3.08. The van der Waals surface area contributed by atoms with E-state index in [0.717, 1.165) is 12.3 Å². The van der Waals surface area contributed by atoms with Crippen molar-refractivity contribution < 1.29 is 26.7 Å². The number of hydrogen-bond acceptors (Lipinski definition) is 5. The van der Waals surface area contributed by atoms with E-state index in [-0.39, 0.29) is 21.3 Å². The summed E-state index contributed by atoms with van der Waals surface area (Å²) in [6, 6.07) is 17.4. The van der Waals surface area contributed by atoms with Gasteiger partial charge in [0.25, 0.3) is 0 Å². The van der Waals surface area contributed by atoms with E-state index < -0.39 is 33.2 Å². The second kappa shape index (κ2) is 9.10. The number of thiocarbonyl (C=S) groups is 1. The molecule has 1 aliphatic heterocycles. The molecule has 3 aromatic carbocycles. The Kier molecular flexibility index (Phi) is 6.57. The highest BCUT2D eigenvalue weighted by Crippen LogP contribution is 2.37. The van der Waals surface area contributed by atoms with Gasteiger partial charge in [-0.25, -0.2) is 8.42 Å². The highest BCUT2D eigenvalue weighted by atomic mass is 32.2. The maximum Gasteiger partial charge on any atom is 0.417 e. The summed E-state index contributed by atoms with van der Waals surface area (Å²) in [5, 5.41) is 10.6. The van der Waals surface area contributed by atoms with Crippen LogP contribution in [-0.4, -0.2) is 42.2 Å². The lowest BCUT2D eigenvalue weighted by Gasteiger charge is -2.27. The summed E-state index contributed by atoms with van der Waals surface area (Å²) in [6.45, 7) is 3.00. The maximum absolute atomic E-state index is 13.8. The number of benzene rings is 3. The van der Waals surface area contributed by atoms with Crippen LogP contribution in [0.1, 0.15) is 25.0 Å². The van der Waals surface area contributed by atoms with Gasteiger partial charge in [-0.1, -0.05) is 54.7 Å². The van der Waals surface area contributed by atoms with Crippen LogP contribution in [0.2, 0.25) is 0 Å². The van der Waals surface area contributed by atoms with Crippen molar-refractivity contribution in [3.63, 3.8) is 0 Å². The van der Waals surface area contributed by atoms with Gasteiger partial charge in [0.05, 0.1) is 16.1 Å². The highest BCUT2D eigenvalue weighted by Gasteiger charge is 2.43. The zero-order valence-electron chi connectivity index (χ0n) is 19.6. The first-order chi connectivity index (χ1) is 16.7. The van der Waals surface area contributed by atoms with Crippen LogP contribution in [0.25, 0.3) is 11.1 Å². The molecule has 0 bridgehead atoms. The van der Waals surface area contributed by atoms with Crippen LogP contribution >= 0.6 is 12.2 Å². The zero-order valence-corrected chi connectivity index (χ0v) is 21.2. The van der Waals surface area contributed by atoms with Crippen molar-refractivity contribution in [3.05, 3.63) is 83.9 Å². The van der Waals surface area contributed by atoms with Crippen LogP contribution in [0.4, 0.5) is 18.9 Å². The van der Waals surface area contributed by atoms with E-state index in [1.165, 1.54) is 43.0 Å². The summed E-state index contributed by atoms with van der Waals surface area (Å²) in [4.78, 5) is 6.23. The fourth-order valence-corrected chi connectivity index (χ4v) is 5.20. The van der Waals surface area contributed by atoms with Crippen molar-refractivity contribution in [1.82, 2.24) is 0 Å². The Morgan fingerprint density at radius 3 is 2.17 bits per heavy atom. The minimum absolute atomic E-state index is 0.00752. The molecule has 0 spiro atoms. The molecule has 5 nitrogen and oxygen atoms in total. The third-order valence-electron chi connectivity index (χ3n) is 5.78. The van der Waals surface area contributed by atoms with Gasteiger partial charge in [-0.15, -0.1) is 0 Å². The number of rotatable bonds is 5. The number of sulfone groups is 1. The molecule has 0 amide bonds. The summed E-state index contributed by atoms with van der Waals surface area (Å²) in [5.41, 5.74) is -0.575. The fraction of sp³-hybridized carbons (Fsp3) is 0.231. The number of nitrogens with zero attached hydrogens (tertiary/aromatic N) is 2. The van der Waals surface area contributed by atoms with Crippen LogP contribution in [0.3, 0.4) is 0 Å². The van der Waals surface area contributed by atoms with E-state index in [1.807, 2.05) is 0 Å². The topological polar surface area (TPSA) is 70.0 Å². The van der Waals surface area contributed by atoms with Crippen LogP contribution in [0.5, 0.6) is 0 Å². The second-order valence-corrected chi connectivity index (χ2v) is 11.5. The minimum Gasteiger partial charge on any atom is -0.388 e. The quantitative estimate of drug-likeness (QED) is 0.439. The van der Waals surface area contributed by atoms with Crippen molar-refractivity contribution in [2.24, 2.45) is 4.99 Å². The minimum atomic E-state index is -4.62. The van der Waals surface area contributed by atoms with Crippen molar-refractivity contribution in [1.29, 1.82) is 0 Å². The first kappa shape index (κ1) is 26.0. The van der Waals surface area contributed by atoms with Gasteiger partial charge < -0.3 is 5.11 Å². The lowest BCUT2D eigenvalue weighted by Crippen LogP contribution is -2.43. The molecule has 188 valence electrons. The molecule has 0 aliphatic carbocycles. The summed E-state index contributed by atoms with van der Waals surface area (Å²) >= 11 is 5.59. The number of halogens is 3. The predicted molar refractivity (Wildman–Crippen MR) is 138 cm³/mol. The average Bonchev–Trinajstić information content (AvgIpc) is 3.15. The molecule has 0 fully saturated rings. The summed E-state index contributed by atoms with van der Waals surface area (Å²) in [5.74, 6) is -0.00752. The molecule has 1 atom stereocenters. The smallest absolute Gasteiger partial charge is 0.388 e. The number of alkyl halides is 3. The lowest BCUT2D eigenvalue weighted by atomic mass is 9.99. The molecule has 1 N–H and O–H groups in total. The van der Waals surface area contributed by atoms with Gasteiger partial charge in [0.1, 0.15) is 16.9 Å². The third-order valence-corrected chi connectivity index (χ3v) is 7.30. The predicted octanol–water partition coefficient (Wildman–Crippen LogP) is 5.51. The number of amidine groups is 1. The Labute approximate surface area is 212 Å². The summed E-state index contributed by atoms with van der Waals surface area (Å²) < 4.78 is 65.3. The van der Waals surface area contributed by atoms with Gasteiger partial charge in [0.2, 0.25) is 0 Å². The van der Waals surface area contributed by atoms with Crippen molar-refractivity contribution in [2.75, 3.05) is 11.2 Å². The van der Waals surface area contributed by atoms with E-state index in [9.17, 15) is 26.7 Å². The molecule has 3 aromatic rings. The fourth-order valence-electron chi connectivity index (χ4n) is 4.00. The summed E-state index contributed by atoms with van der Waals surface area (Å²) in [7, 11) is -3.39. The zero-order chi connectivity index (χ0) is 26.5. The Morgan fingerprint density at radius 2 is 1.58 bits per heavy atom. The van der Waals surface area contributed by atoms with E-state index in [2.05, 4.69) is 4.99 Å². The average molecular weight is 533 g/mol. The van der Waals surface area contributed by atoms with Gasteiger partial charge in [-0.2, -0.15) is 13.2 Å². The Morgan fingerprint density at radius 1 is 0.944 bits per heavy atom. The molecule has 1 heterocycles. The van der Waals surface area contributed by atoms with Crippen LogP contribution in [-0.2, 0) is 16.0 Å². The van der Waals surface area contributed by atoms with E-state index in [0.29, 0.717) is 16.8 Å². The van der Waals surface area contributed by atoms with Gasteiger partial charge >= 0.3 is 6.18 Å². The Balaban J connectivity index is 1.80. The highest BCUT2D eigenvalue weighted by molar-refractivity contribution is 7.90. The van der Waals surface area contributed by atoms with E-state index in [1.54, 1.807) is 42.5 Å². The van der Waals surface area contributed by atoms with Crippen LogP contribution in [0, 0.1) is 0 Å². The van der Waals surface area contributed by atoms with Gasteiger partial charge in [0, 0.05) is 17.5 Å². The molecule has 1 aliphatic rings. The maximum atomic E-state index is 13.8. The molecule has 4 rings (SSSR count). The van der Waals surface area contributed by atoms with Crippen LogP contribution < -0.4 is 4.90 Å². The molecule has 0 aromatic heterocycles. The molecule has 0 radical (unpaired) electrons. The molecular formula is C26H23F3N2O3S2. The van der Waals surface area contributed by atoms with Gasteiger partial charge in [-0.05, 0) is 55.3 Å². The number of anilines is 1.